The van der Waals surface area contributed by atoms with E-state index in [1.807, 2.05) is 18.4 Å². The number of rotatable bonds is 6. The highest BCUT2D eigenvalue weighted by Gasteiger charge is 2.18. The van der Waals surface area contributed by atoms with Crippen LogP contribution in [-0.4, -0.2) is 20.1 Å². The number of aryl methyl sites for hydroxylation is 1. The summed E-state index contributed by atoms with van der Waals surface area (Å²) < 4.78 is 26.5. The van der Waals surface area contributed by atoms with E-state index in [-0.39, 0.29) is 12.3 Å². The molecule has 0 bridgehead atoms. The molecule has 114 valence electrons. The summed E-state index contributed by atoms with van der Waals surface area (Å²) in [5, 5.41) is 12.3. The maximum Gasteiger partial charge on any atom is 0.215 e. The Bertz CT molecular complexity index is 713. The molecule has 0 radical (unpaired) electrons. The largest absolute Gasteiger partial charge is 0.386 e. The van der Waals surface area contributed by atoms with Crippen molar-refractivity contribution in [1.29, 1.82) is 0 Å². The van der Waals surface area contributed by atoms with E-state index in [0.717, 1.165) is 10.4 Å². The lowest BCUT2D eigenvalue weighted by Gasteiger charge is -2.12. The molecule has 2 aromatic rings. The van der Waals surface area contributed by atoms with Gasteiger partial charge in [0.05, 0.1) is 5.75 Å². The van der Waals surface area contributed by atoms with Crippen molar-refractivity contribution >= 4 is 33.0 Å². The molecule has 1 aromatic heterocycles. The molecule has 1 aromatic carbocycles. The molecule has 0 fully saturated rings. The van der Waals surface area contributed by atoms with Crippen molar-refractivity contribution in [1.82, 2.24) is 4.72 Å². The highest BCUT2D eigenvalue weighted by molar-refractivity contribution is 7.88. The Hall–Kier alpha value is -0.920. The molecule has 7 heteroatoms. The topological polar surface area (TPSA) is 66.4 Å². The van der Waals surface area contributed by atoms with Crippen molar-refractivity contribution in [3.63, 3.8) is 0 Å². The summed E-state index contributed by atoms with van der Waals surface area (Å²) in [6.07, 6.45) is -0.842. The van der Waals surface area contributed by atoms with Crippen LogP contribution < -0.4 is 4.72 Å². The second-order valence-corrected chi connectivity index (χ2v) is 7.84. The fourth-order valence-electron chi connectivity index (χ4n) is 1.90. The lowest BCUT2D eigenvalue weighted by Crippen LogP contribution is -2.29. The van der Waals surface area contributed by atoms with E-state index in [2.05, 4.69) is 4.72 Å². The van der Waals surface area contributed by atoms with Crippen molar-refractivity contribution in [2.45, 2.75) is 18.8 Å². The lowest BCUT2D eigenvalue weighted by atomic mass is 10.2. The SMILES string of the molecule is Cc1ccsc1C(O)CNS(=O)(=O)Cc1ccccc1Cl. The predicted molar refractivity (Wildman–Crippen MR) is 86.1 cm³/mol. The molecule has 0 spiro atoms. The second-order valence-electron chi connectivity index (χ2n) is 4.68. The first-order valence-corrected chi connectivity index (χ1v) is 9.23. The quantitative estimate of drug-likeness (QED) is 0.846. The third-order valence-electron chi connectivity index (χ3n) is 3.00. The van der Waals surface area contributed by atoms with Crippen LogP contribution >= 0.6 is 22.9 Å². The molecule has 0 saturated carbocycles. The highest BCUT2D eigenvalue weighted by Crippen LogP contribution is 2.23. The van der Waals surface area contributed by atoms with Gasteiger partial charge >= 0.3 is 0 Å². The first-order valence-electron chi connectivity index (χ1n) is 6.32. The van der Waals surface area contributed by atoms with Gasteiger partial charge in [-0.05, 0) is 35.6 Å². The normalized spacial score (nSPS) is 13.3. The average Bonchev–Trinajstić information content (AvgIpc) is 2.85. The number of nitrogens with one attached hydrogen (secondary N) is 1. The van der Waals surface area contributed by atoms with Crippen LogP contribution in [0.15, 0.2) is 35.7 Å². The minimum Gasteiger partial charge on any atom is -0.386 e. The fraction of sp³-hybridized carbons (Fsp3) is 0.286. The average molecular weight is 346 g/mol. The van der Waals surface area contributed by atoms with Gasteiger partial charge in [-0.3, -0.25) is 0 Å². The van der Waals surface area contributed by atoms with Gasteiger partial charge in [-0.25, -0.2) is 13.1 Å². The molecule has 2 rings (SSSR count). The minimum atomic E-state index is -3.55. The van der Waals surface area contributed by atoms with E-state index >= 15 is 0 Å². The second kappa shape index (κ2) is 6.89. The Morgan fingerprint density at radius 1 is 1.33 bits per heavy atom. The van der Waals surface area contributed by atoms with Gasteiger partial charge in [0.2, 0.25) is 10.0 Å². The van der Waals surface area contributed by atoms with Crippen molar-refractivity contribution in [2.75, 3.05) is 6.54 Å². The molecular weight excluding hydrogens is 330 g/mol. The molecule has 1 unspecified atom stereocenters. The fourth-order valence-corrected chi connectivity index (χ4v) is 4.27. The summed E-state index contributed by atoms with van der Waals surface area (Å²) in [4.78, 5) is 0.774. The monoisotopic (exact) mass is 345 g/mol. The lowest BCUT2D eigenvalue weighted by molar-refractivity contribution is 0.185. The number of aliphatic hydroxyl groups excluding tert-OH is 1. The van der Waals surface area contributed by atoms with Crippen LogP contribution in [0.5, 0.6) is 0 Å². The number of hydrogen-bond donors (Lipinski definition) is 2. The van der Waals surface area contributed by atoms with Crippen molar-refractivity contribution in [3.8, 4) is 0 Å². The van der Waals surface area contributed by atoms with Crippen molar-refractivity contribution in [3.05, 3.63) is 56.7 Å². The number of thiophene rings is 1. The highest BCUT2D eigenvalue weighted by atomic mass is 35.5. The third-order valence-corrected chi connectivity index (χ3v) is 5.79. The van der Waals surface area contributed by atoms with Crippen LogP contribution in [0.25, 0.3) is 0 Å². The Labute approximate surface area is 133 Å². The van der Waals surface area contributed by atoms with Gasteiger partial charge in [0.1, 0.15) is 6.10 Å². The summed E-state index contributed by atoms with van der Waals surface area (Å²) in [6, 6.07) is 8.69. The summed E-state index contributed by atoms with van der Waals surface area (Å²) in [6.45, 7) is 1.83. The smallest absolute Gasteiger partial charge is 0.215 e. The van der Waals surface area contributed by atoms with Gasteiger partial charge in [0.25, 0.3) is 0 Å². The third kappa shape index (κ3) is 4.52. The van der Waals surface area contributed by atoms with E-state index in [1.165, 1.54) is 11.3 Å². The van der Waals surface area contributed by atoms with Crippen LogP contribution in [0.1, 0.15) is 22.1 Å². The van der Waals surface area contributed by atoms with Crippen LogP contribution in [0.4, 0.5) is 0 Å². The van der Waals surface area contributed by atoms with Crippen molar-refractivity contribution < 1.29 is 13.5 Å². The van der Waals surface area contributed by atoms with E-state index in [4.69, 9.17) is 11.6 Å². The standard InChI is InChI=1S/C14H16ClNO3S2/c1-10-6-7-20-14(10)13(17)8-16-21(18,19)9-11-4-2-3-5-12(11)15/h2-7,13,16-17H,8-9H2,1H3. The van der Waals surface area contributed by atoms with Crippen LogP contribution in [-0.2, 0) is 15.8 Å². The summed E-state index contributed by atoms with van der Waals surface area (Å²) in [7, 11) is -3.55. The Morgan fingerprint density at radius 3 is 2.67 bits per heavy atom. The van der Waals surface area contributed by atoms with Crippen LogP contribution in [0.2, 0.25) is 5.02 Å². The molecule has 2 N–H and O–H groups in total. The molecular formula is C14H16ClNO3S2. The Kier molecular flexibility index (Phi) is 5.40. The van der Waals surface area contributed by atoms with Gasteiger partial charge in [-0.15, -0.1) is 11.3 Å². The molecule has 0 amide bonds. The van der Waals surface area contributed by atoms with Gasteiger partial charge in [0.15, 0.2) is 0 Å². The zero-order valence-corrected chi connectivity index (χ0v) is 13.8. The summed E-state index contributed by atoms with van der Waals surface area (Å²) in [5.41, 5.74) is 1.49. The minimum absolute atomic E-state index is 0.0475. The number of halogens is 1. The zero-order chi connectivity index (χ0) is 15.5. The summed E-state index contributed by atoms with van der Waals surface area (Å²) >= 11 is 7.36. The van der Waals surface area contributed by atoms with Crippen molar-refractivity contribution in [2.24, 2.45) is 0 Å². The number of hydrogen-bond acceptors (Lipinski definition) is 4. The van der Waals surface area contributed by atoms with Crippen LogP contribution in [0, 0.1) is 6.92 Å². The molecule has 1 atom stereocenters. The first kappa shape index (κ1) is 16.5. The van der Waals surface area contributed by atoms with Gasteiger partial charge in [-0.1, -0.05) is 29.8 Å². The van der Waals surface area contributed by atoms with E-state index in [0.29, 0.717) is 10.6 Å². The molecule has 0 saturated heterocycles. The van der Waals surface area contributed by atoms with E-state index in [9.17, 15) is 13.5 Å². The van der Waals surface area contributed by atoms with E-state index in [1.54, 1.807) is 24.3 Å². The maximum atomic E-state index is 12.0. The first-order chi connectivity index (χ1) is 9.89. The predicted octanol–water partition coefficient (Wildman–Crippen LogP) is 2.86. The molecule has 0 aliphatic rings. The Balaban J connectivity index is 1.99. The molecule has 21 heavy (non-hydrogen) atoms. The number of benzene rings is 1. The van der Waals surface area contributed by atoms with Gasteiger partial charge < -0.3 is 5.11 Å². The van der Waals surface area contributed by atoms with Crippen LogP contribution in [0.3, 0.4) is 0 Å². The van der Waals surface area contributed by atoms with Gasteiger partial charge in [0, 0.05) is 16.4 Å². The zero-order valence-electron chi connectivity index (χ0n) is 11.4. The Morgan fingerprint density at radius 2 is 2.05 bits per heavy atom. The molecule has 4 nitrogen and oxygen atoms in total. The maximum absolute atomic E-state index is 12.0. The molecule has 0 aliphatic carbocycles. The number of aliphatic hydroxyl groups is 1. The molecule has 1 heterocycles. The molecule has 0 aliphatic heterocycles. The summed E-state index contributed by atoms with van der Waals surface area (Å²) in [5.74, 6) is -0.206. The van der Waals surface area contributed by atoms with E-state index < -0.39 is 16.1 Å². The van der Waals surface area contributed by atoms with Gasteiger partial charge in [-0.2, -0.15) is 0 Å². The number of sulfonamides is 1.